The Bertz CT molecular complexity index is 2070. The Morgan fingerprint density at radius 2 is 1.77 bits per heavy atom. The van der Waals surface area contributed by atoms with Gasteiger partial charge in [-0.3, -0.25) is 18.9 Å². The smallest absolute Gasteiger partial charge is 0.262 e. The summed E-state index contributed by atoms with van der Waals surface area (Å²) < 4.78 is 7.49. The molecule has 10 nitrogen and oxygen atoms in total. The van der Waals surface area contributed by atoms with Crippen LogP contribution in [0.4, 0.5) is 0 Å². The van der Waals surface area contributed by atoms with Crippen LogP contribution < -0.4 is 20.9 Å². The van der Waals surface area contributed by atoms with Gasteiger partial charge < -0.3 is 20.5 Å². The Balaban J connectivity index is 1.15. The van der Waals surface area contributed by atoms with Crippen molar-refractivity contribution >= 4 is 34.8 Å². The van der Waals surface area contributed by atoms with Gasteiger partial charge in [-0.05, 0) is 30.2 Å². The Kier molecular flexibility index (Phi) is 9.43. The fourth-order valence-corrected chi connectivity index (χ4v) is 6.96. The van der Waals surface area contributed by atoms with Gasteiger partial charge >= 0.3 is 0 Å². The second-order valence-corrected chi connectivity index (χ2v) is 12.8. The Morgan fingerprint density at radius 1 is 1.00 bits per heavy atom. The van der Waals surface area contributed by atoms with Gasteiger partial charge in [-0.2, -0.15) is 0 Å². The summed E-state index contributed by atoms with van der Waals surface area (Å²) >= 11 is 14.2. The van der Waals surface area contributed by atoms with Crippen molar-refractivity contribution < 1.29 is 14.6 Å². The predicted molar refractivity (Wildman–Crippen MR) is 186 cm³/mol. The van der Waals surface area contributed by atoms with Gasteiger partial charge in [0.1, 0.15) is 12.3 Å². The van der Waals surface area contributed by atoms with Gasteiger partial charge in [0, 0.05) is 91.0 Å². The minimum absolute atomic E-state index is 0.0637. The molecule has 0 bridgehead atoms. The molecule has 0 saturated carbocycles. The number of hydrogen-bond donors (Lipinski definition) is 3. The number of halogens is 2. The average molecular weight is 686 g/mol. The lowest BCUT2D eigenvalue weighted by Crippen LogP contribution is -2.36. The topological polar surface area (TPSA) is 121 Å². The first kappa shape index (κ1) is 32.2. The van der Waals surface area contributed by atoms with Gasteiger partial charge in [0.2, 0.25) is 11.8 Å². The maximum absolute atomic E-state index is 13.2. The molecule has 0 spiro atoms. The van der Waals surface area contributed by atoms with Crippen molar-refractivity contribution in [2.24, 2.45) is 0 Å². The number of amides is 1. The molecule has 2 aromatic carbocycles. The van der Waals surface area contributed by atoms with Crippen LogP contribution in [0.3, 0.4) is 0 Å². The lowest BCUT2D eigenvalue weighted by atomic mass is 9.97. The molecule has 0 radical (unpaired) electrons. The molecule has 1 atom stereocenters. The van der Waals surface area contributed by atoms with Gasteiger partial charge in [0.25, 0.3) is 5.56 Å². The third kappa shape index (κ3) is 6.54. The molecular formula is C36H34Cl2N6O4. The number of ether oxygens (including phenoxy) is 1. The molecular weight excluding hydrogens is 651 g/mol. The summed E-state index contributed by atoms with van der Waals surface area (Å²) in [7, 11) is 0. The van der Waals surface area contributed by atoms with E-state index in [9.17, 15) is 14.7 Å². The number of aliphatic hydroxyl groups excluding tert-OH is 1. The molecule has 1 fully saturated rings. The highest BCUT2D eigenvalue weighted by Crippen LogP contribution is 2.42. The van der Waals surface area contributed by atoms with Crippen LogP contribution in [-0.4, -0.2) is 69.2 Å². The standard InChI is InChI=1S/C36H34Cl2N6O4/c37-33-26(22-11-12-44-31(17-22)40-19-24(36(44)47)18-39-20-25-8-10-32(46)41-25)3-1-4-27(33)28-5-2-6-29(34(28)38)30-9-7-23-21-43(13-15-45)14-16-48-35(23)42-30/h1-7,9,11-12,17,19,25,39,45H,8,10,13-16,18,20-21H2,(H,41,46)/t25-/m1/s1. The first-order valence-corrected chi connectivity index (χ1v) is 16.7. The molecule has 1 saturated heterocycles. The van der Waals surface area contributed by atoms with E-state index in [1.807, 2.05) is 60.7 Å². The van der Waals surface area contributed by atoms with Crippen molar-refractivity contribution in [2.45, 2.75) is 32.0 Å². The molecule has 7 rings (SSSR count). The van der Waals surface area contributed by atoms with E-state index in [4.69, 9.17) is 32.9 Å². The fraction of sp³-hybridized carbons (Fsp3) is 0.278. The number of nitrogens with one attached hydrogen (secondary N) is 2. The van der Waals surface area contributed by atoms with Crippen LogP contribution in [0.25, 0.3) is 39.2 Å². The maximum atomic E-state index is 13.2. The number of hydrogen-bond acceptors (Lipinski definition) is 8. The van der Waals surface area contributed by atoms with Crippen molar-refractivity contribution in [3.63, 3.8) is 0 Å². The molecule has 246 valence electrons. The van der Waals surface area contributed by atoms with E-state index in [1.165, 1.54) is 4.40 Å². The van der Waals surface area contributed by atoms with Gasteiger partial charge in [-0.1, -0.05) is 65.7 Å². The fourth-order valence-electron chi connectivity index (χ4n) is 6.30. The summed E-state index contributed by atoms with van der Waals surface area (Å²) in [6.45, 7) is 3.47. The number of pyridine rings is 2. The number of β-amino-alcohol motifs (C(OH)–C–C–N with tert-alkyl or cyclic N) is 1. The summed E-state index contributed by atoms with van der Waals surface area (Å²) in [5, 5.41) is 16.6. The van der Waals surface area contributed by atoms with E-state index in [0.717, 1.165) is 39.8 Å². The highest BCUT2D eigenvalue weighted by molar-refractivity contribution is 6.39. The van der Waals surface area contributed by atoms with Crippen LogP contribution in [0.1, 0.15) is 24.0 Å². The zero-order valence-electron chi connectivity index (χ0n) is 26.1. The second-order valence-electron chi connectivity index (χ2n) is 12.0. The first-order chi connectivity index (χ1) is 23.4. The number of aromatic nitrogens is 3. The van der Waals surface area contributed by atoms with Gasteiger partial charge in [-0.15, -0.1) is 0 Å². The number of carbonyl (C=O) groups excluding carboxylic acids is 1. The number of aliphatic hydroxyl groups is 1. The van der Waals surface area contributed by atoms with Crippen molar-refractivity contribution in [2.75, 3.05) is 32.8 Å². The third-order valence-corrected chi connectivity index (χ3v) is 9.66. The molecule has 0 unspecified atom stereocenters. The molecule has 2 aliphatic heterocycles. The number of benzene rings is 2. The van der Waals surface area contributed by atoms with Crippen molar-refractivity contribution in [3.05, 3.63) is 105 Å². The average Bonchev–Trinajstić information content (AvgIpc) is 3.40. The molecule has 3 aromatic heterocycles. The zero-order chi connectivity index (χ0) is 33.2. The second kappa shape index (κ2) is 14.0. The molecule has 1 amide bonds. The number of carbonyl (C=O) groups is 1. The van der Waals surface area contributed by atoms with Crippen LogP contribution in [0.2, 0.25) is 10.0 Å². The molecule has 48 heavy (non-hydrogen) atoms. The monoisotopic (exact) mass is 684 g/mol. The maximum Gasteiger partial charge on any atom is 0.262 e. The van der Waals surface area contributed by atoms with Crippen LogP contribution in [-0.2, 0) is 17.9 Å². The van der Waals surface area contributed by atoms with Crippen molar-refractivity contribution in [3.8, 4) is 39.4 Å². The van der Waals surface area contributed by atoms with E-state index in [0.29, 0.717) is 78.6 Å². The summed E-state index contributed by atoms with van der Waals surface area (Å²) in [5.74, 6) is 0.634. The number of fused-ring (bicyclic) bond motifs is 2. The lowest BCUT2D eigenvalue weighted by molar-refractivity contribution is -0.119. The molecule has 5 heterocycles. The lowest BCUT2D eigenvalue weighted by Gasteiger charge is -2.17. The van der Waals surface area contributed by atoms with Crippen LogP contribution >= 0.6 is 23.2 Å². The Hall–Kier alpha value is -4.32. The summed E-state index contributed by atoms with van der Waals surface area (Å²) in [6.07, 6.45) is 4.64. The molecule has 12 heteroatoms. The number of rotatable bonds is 9. The normalized spacial score (nSPS) is 16.4. The molecule has 0 aliphatic carbocycles. The van der Waals surface area contributed by atoms with E-state index in [1.54, 1.807) is 12.4 Å². The van der Waals surface area contributed by atoms with E-state index in [-0.39, 0.29) is 24.1 Å². The zero-order valence-corrected chi connectivity index (χ0v) is 27.6. The Morgan fingerprint density at radius 3 is 2.54 bits per heavy atom. The minimum atomic E-state index is -0.155. The van der Waals surface area contributed by atoms with Crippen LogP contribution in [0.5, 0.6) is 5.88 Å². The summed E-state index contributed by atoms with van der Waals surface area (Å²) in [5.41, 5.74) is 6.40. The third-order valence-electron chi connectivity index (χ3n) is 8.84. The summed E-state index contributed by atoms with van der Waals surface area (Å²) in [6, 6.07) is 19.3. The molecule has 3 N–H and O–H groups in total. The van der Waals surface area contributed by atoms with Crippen molar-refractivity contribution in [1.29, 1.82) is 0 Å². The van der Waals surface area contributed by atoms with Gasteiger partial charge in [0.15, 0.2) is 0 Å². The quantitative estimate of drug-likeness (QED) is 0.200. The highest BCUT2D eigenvalue weighted by Gasteiger charge is 2.21. The highest BCUT2D eigenvalue weighted by atomic mass is 35.5. The van der Waals surface area contributed by atoms with Crippen LogP contribution in [0.15, 0.2) is 77.9 Å². The predicted octanol–water partition coefficient (Wildman–Crippen LogP) is 4.95. The van der Waals surface area contributed by atoms with Gasteiger partial charge in [0.05, 0.1) is 22.3 Å². The summed E-state index contributed by atoms with van der Waals surface area (Å²) in [4.78, 5) is 36.2. The van der Waals surface area contributed by atoms with Gasteiger partial charge in [-0.25, -0.2) is 9.97 Å². The SMILES string of the molecule is O=C1CC[C@H](CNCc2cnc3cc(-c4cccc(-c5cccc(-c6ccc7c(n6)OCCN(CCO)C7)c5Cl)c4Cl)ccn3c2=O)N1. The van der Waals surface area contributed by atoms with E-state index < -0.39 is 0 Å². The largest absolute Gasteiger partial charge is 0.476 e. The molecule has 5 aromatic rings. The molecule has 2 aliphatic rings. The van der Waals surface area contributed by atoms with E-state index >= 15 is 0 Å². The minimum Gasteiger partial charge on any atom is -0.476 e. The first-order valence-electron chi connectivity index (χ1n) is 15.9. The Labute approximate surface area is 287 Å². The van der Waals surface area contributed by atoms with Crippen molar-refractivity contribution in [1.82, 2.24) is 29.9 Å². The van der Waals surface area contributed by atoms with Crippen LogP contribution in [0, 0.1) is 0 Å². The van der Waals surface area contributed by atoms with E-state index in [2.05, 4.69) is 20.5 Å². The number of nitrogens with zero attached hydrogens (tertiary/aromatic N) is 4.